The first-order chi connectivity index (χ1) is 12.4. The summed E-state index contributed by atoms with van der Waals surface area (Å²) >= 11 is 1.72. The minimum atomic E-state index is -3.66. The molecule has 6 nitrogen and oxygen atoms in total. The molecule has 0 spiro atoms. The van der Waals surface area contributed by atoms with Crippen LogP contribution in [0.3, 0.4) is 0 Å². The molecular formula is C18H26N2O4S2. The summed E-state index contributed by atoms with van der Waals surface area (Å²) in [5.41, 5.74) is 0.357. The molecule has 3 rings (SSSR count). The van der Waals surface area contributed by atoms with E-state index in [0.29, 0.717) is 25.2 Å². The quantitative estimate of drug-likeness (QED) is 0.681. The Morgan fingerprint density at radius 3 is 2.65 bits per heavy atom. The number of rotatable bonds is 7. The van der Waals surface area contributed by atoms with Crippen molar-refractivity contribution < 1.29 is 18.3 Å². The second kappa shape index (κ2) is 8.29. The van der Waals surface area contributed by atoms with Gasteiger partial charge in [-0.25, -0.2) is 8.42 Å². The highest BCUT2D eigenvalue weighted by Crippen LogP contribution is 2.38. The third kappa shape index (κ3) is 4.08. The standard InChI is InChI=1S/C18H26N2O4S2/c1-25-9-3-8-19-18(22)13-4-2-5-16(10-13)26(23,24)20-11-14-6-7-15(12-20)17(14)21/h2,4-5,10,14-15,17,21H,3,6-9,11-12H2,1H3,(H,19,22)/t14-,15+,17?. The number of thioether (sulfide) groups is 1. The minimum absolute atomic E-state index is 0.0199. The number of aliphatic hydroxyl groups excluding tert-OH is 1. The van der Waals surface area contributed by atoms with E-state index in [0.717, 1.165) is 25.0 Å². The van der Waals surface area contributed by atoms with Crippen molar-refractivity contribution in [3.63, 3.8) is 0 Å². The molecule has 0 aromatic heterocycles. The molecule has 1 aliphatic carbocycles. The van der Waals surface area contributed by atoms with Crippen LogP contribution >= 0.6 is 11.8 Å². The van der Waals surface area contributed by atoms with Crippen LogP contribution in [0.15, 0.2) is 29.2 Å². The lowest BCUT2D eigenvalue weighted by molar-refractivity contribution is 0.0441. The molecule has 1 saturated carbocycles. The van der Waals surface area contributed by atoms with Crippen molar-refractivity contribution >= 4 is 27.7 Å². The summed E-state index contributed by atoms with van der Waals surface area (Å²) in [5.74, 6) is 0.757. The maximum absolute atomic E-state index is 13.0. The van der Waals surface area contributed by atoms with Crippen LogP contribution < -0.4 is 5.32 Å². The van der Waals surface area contributed by atoms with Crippen LogP contribution in [0.4, 0.5) is 0 Å². The topological polar surface area (TPSA) is 86.7 Å². The summed E-state index contributed by atoms with van der Waals surface area (Å²) in [6, 6.07) is 6.22. The van der Waals surface area contributed by atoms with Gasteiger partial charge in [-0.3, -0.25) is 4.79 Å². The molecule has 1 heterocycles. The molecule has 1 saturated heterocycles. The van der Waals surface area contributed by atoms with Crippen LogP contribution in [0.25, 0.3) is 0 Å². The van der Waals surface area contributed by atoms with Gasteiger partial charge in [-0.15, -0.1) is 0 Å². The summed E-state index contributed by atoms with van der Waals surface area (Å²) in [7, 11) is -3.66. The fourth-order valence-corrected chi connectivity index (χ4v) is 5.85. The molecule has 3 atom stereocenters. The molecule has 2 fully saturated rings. The van der Waals surface area contributed by atoms with Gasteiger partial charge in [-0.05, 0) is 61.3 Å². The van der Waals surface area contributed by atoms with Crippen molar-refractivity contribution in [1.29, 1.82) is 0 Å². The first-order valence-corrected chi connectivity index (χ1v) is 11.8. The molecular weight excluding hydrogens is 372 g/mol. The number of hydrogen-bond donors (Lipinski definition) is 2. The highest BCUT2D eigenvalue weighted by molar-refractivity contribution is 7.98. The number of nitrogens with zero attached hydrogens (tertiary/aromatic N) is 1. The third-order valence-electron chi connectivity index (χ3n) is 5.30. The van der Waals surface area contributed by atoms with Gasteiger partial charge in [0, 0.05) is 25.2 Å². The fourth-order valence-electron chi connectivity index (χ4n) is 3.81. The summed E-state index contributed by atoms with van der Waals surface area (Å²) in [4.78, 5) is 12.4. The number of nitrogens with one attached hydrogen (secondary N) is 1. The van der Waals surface area contributed by atoms with Gasteiger partial charge in [0.2, 0.25) is 10.0 Å². The number of sulfonamides is 1. The lowest BCUT2D eigenvalue weighted by atomic mass is 9.97. The Labute approximate surface area is 159 Å². The minimum Gasteiger partial charge on any atom is -0.392 e. The predicted octanol–water partition coefficient (Wildman–Crippen LogP) is 1.56. The third-order valence-corrected chi connectivity index (χ3v) is 7.82. The Hall–Kier alpha value is -1.09. The summed E-state index contributed by atoms with van der Waals surface area (Å²) in [5, 5.41) is 13.0. The van der Waals surface area contributed by atoms with Crippen LogP contribution in [0.1, 0.15) is 29.6 Å². The van der Waals surface area contributed by atoms with Gasteiger partial charge in [-0.1, -0.05) is 6.07 Å². The monoisotopic (exact) mass is 398 g/mol. The summed E-state index contributed by atoms with van der Waals surface area (Å²) in [6.07, 6.45) is 4.25. The molecule has 1 aromatic carbocycles. The lowest BCUT2D eigenvalue weighted by Crippen LogP contribution is -2.47. The van der Waals surface area contributed by atoms with Gasteiger partial charge in [0.1, 0.15) is 0 Å². The van der Waals surface area contributed by atoms with E-state index in [2.05, 4.69) is 5.32 Å². The zero-order chi connectivity index (χ0) is 18.7. The van der Waals surface area contributed by atoms with E-state index < -0.39 is 10.0 Å². The number of carbonyl (C=O) groups is 1. The lowest BCUT2D eigenvalue weighted by Gasteiger charge is -2.34. The Bertz CT molecular complexity index is 739. The van der Waals surface area contributed by atoms with Crippen LogP contribution in [-0.2, 0) is 10.0 Å². The van der Waals surface area contributed by atoms with E-state index in [-0.39, 0.29) is 28.7 Å². The molecule has 1 aliphatic heterocycles. The van der Waals surface area contributed by atoms with Crippen molar-refractivity contribution in [3.8, 4) is 0 Å². The molecule has 144 valence electrons. The van der Waals surface area contributed by atoms with Crippen molar-refractivity contribution in [1.82, 2.24) is 9.62 Å². The number of piperidine rings is 1. The number of amides is 1. The number of fused-ring (bicyclic) bond motifs is 2. The number of benzene rings is 1. The molecule has 26 heavy (non-hydrogen) atoms. The van der Waals surface area contributed by atoms with E-state index in [9.17, 15) is 18.3 Å². The molecule has 0 radical (unpaired) electrons. The van der Waals surface area contributed by atoms with E-state index >= 15 is 0 Å². The van der Waals surface area contributed by atoms with Crippen LogP contribution in [-0.4, -0.2) is 61.5 Å². The Morgan fingerprint density at radius 2 is 2.00 bits per heavy atom. The Morgan fingerprint density at radius 1 is 1.31 bits per heavy atom. The Balaban J connectivity index is 1.71. The Kier molecular flexibility index (Phi) is 6.27. The average Bonchev–Trinajstić information content (AvgIpc) is 2.85. The zero-order valence-electron chi connectivity index (χ0n) is 14.9. The molecule has 2 aliphatic rings. The summed E-state index contributed by atoms with van der Waals surface area (Å²) < 4.78 is 27.5. The van der Waals surface area contributed by atoms with Crippen molar-refractivity contribution in [2.24, 2.45) is 11.8 Å². The first-order valence-electron chi connectivity index (χ1n) is 8.99. The van der Waals surface area contributed by atoms with Crippen LogP contribution in [0, 0.1) is 11.8 Å². The first kappa shape index (κ1) is 19.7. The maximum atomic E-state index is 13.0. The molecule has 2 bridgehead atoms. The van der Waals surface area contributed by atoms with Crippen LogP contribution in [0.2, 0.25) is 0 Å². The average molecular weight is 399 g/mol. The van der Waals surface area contributed by atoms with Gasteiger partial charge >= 0.3 is 0 Å². The largest absolute Gasteiger partial charge is 0.392 e. The second-order valence-corrected chi connectivity index (χ2v) is 9.96. The van der Waals surface area contributed by atoms with Gasteiger partial charge in [0.25, 0.3) is 5.91 Å². The van der Waals surface area contributed by atoms with E-state index in [1.807, 2.05) is 6.26 Å². The van der Waals surface area contributed by atoms with E-state index in [1.54, 1.807) is 23.9 Å². The van der Waals surface area contributed by atoms with E-state index in [1.165, 1.54) is 16.4 Å². The van der Waals surface area contributed by atoms with Crippen molar-refractivity contribution in [2.75, 3.05) is 31.6 Å². The van der Waals surface area contributed by atoms with Crippen molar-refractivity contribution in [2.45, 2.75) is 30.3 Å². The normalized spacial score (nSPS) is 26.0. The molecule has 1 aromatic rings. The highest BCUT2D eigenvalue weighted by atomic mass is 32.2. The second-order valence-electron chi connectivity index (χ2n) is 7.04. The highest BCUT2D eigenvalue weighted by Gasteiger charge is 2.44. The number of hydrogen-bond acceptors (Lipinski definition) is 5. The predicted molar refractivity (Wildman–Crippen MR) is 103 cm³/mol. The van der Waals surface area contributed by atoms with E-state index in [4.69, 9.17) is 0 Å². The molecule has 2 N–H and O–H groups in total. The van der Waals surface area contributed by atoms with Gasteiger partial charge in [0.15, 0.2) is 0 Å². The zero-order valence-corrected chi connectivity index (χ0v) is 16.6. The molecule has 1 unspecified atom stereocenters. The maximum Gasteiger partial charge on any atom is 0.251 e. The van der Waals surface area contributed by atoms with Crippen LogP contribution in [0.5, 0.6) is 0 Å². The molecule has 8 heteroatoms. The van der Waals surface area contributed by atoms with Gasteiger partial charge < -0.3 is 10.4 Å². The van der Waals surface area contributed by atoms with Gasteiger partial charge in [0.05, 0.1) is 11.0 Å². The fraction of sp³-hybridized carbons (Fsp3) is 0.611. The van der Waals surface area contributed by atoms with Crippen molar-refractivity contribution in [3.05, 3.63) is 29.8 Å². The number of carbonyl (C=O) groups excluding carboxylic acids is 1. The molecule has 1 amide bonds. The number of aliphatic hydroxyl groups is 1. The smallest absolute Gasteiger partial charge is 0.251 e. The van der Waals surface area contributed by atoms with Gasteiger partial charge in [-0.2, -0.15) is 16.1 Å². The summed E-state index contributed by atoms with van der Waals surface area (Å²) in [6.45, 7) is 1.28. The SMILES string of the molecule is CSCCCNC(=O)c1cccc(S(=O)(=O)N2C[C@H]3CC[C@@H](C2)C3O)c1.